The summed E-state index contributed by atoms with van der Waals surface area (Å²) in [5, 5.41) is 0. The summed E-state index contributed by atoms with van der Waals surface area (Å²) in [6.45, 7) is 4.23. The molecule has 0 spiro atoms. The maximum Gasteiger partial charge on any atom is 0.127 e. The molecule has 0 aliphatic carbocycles. The van der Waals surface area contributed by atoms with Gasteiger partial charge in [0.1, 0.15) is 5.82 Å². The summed E-state index contributed by atoms with van der Waals surface area (Å²) in [5.41, 5.74) is 6.74. The topological polar surface area (TPSA) is 26.0 Å². The molecule has 0 saturated heterocycles. The molecule has 1 unspecified atom stereocenters. The highest BCUT2D eigenvalue weighted by molar-refractivity contribution is 7.99. The van der Waals surface area contributed by atoms with Crippen molar-refractivity contribution in [2.45, 2.75) is 56.9 Å². The van der Waals surface area contributed by atoms with Crippen LogP contribution in [0.1, 0.15) is 45.1 Å². The minimum absolute atomic E-state index is 0.0527. The van der Waals surface area contributed by atoms with Crippen molar-refractivity contribution in [1.29, 1.82) is 0 Å². The zero-order chi connectivity index (χ0) is 13.4. The van der Waals surface area contributed by atoms with E-state index in [1.165, 1.54) is 25.3 Å². The zero-order valence-corrected chi connectivity index (χ0v) is 12.2. The summed E-state index contributed by atoms with van der Waals surface area (Å²) in [7, 11) is 0. The van der Waals surface area contributed by atoms with E-state index in [1.807, 2.05) is 13.0 Å². The van der Waals surface area contributed by atoms with Gasteiger partial charge < -0.3 is 5.73 Å². The van der Waals surface area contributed by atoms with Crippen LogP contribution in [0.3, 0.4) is 0 Å². The van der Waals surface area contributed by atoms with Gasteiger partial charge in [-0.3, -0.25) is 0 Å². The van der Waals surface area contributed by atoms with Gasteiger partial charge in [-0.25, -0.2) is 4.39 Å². The van der Waals surface area contributed by atoms with Gasteiger partial charge in [-0.05, 0) is 37.1 Å². The average Bonchev–Trinajstić information content (AvgIpc) is 2.38. The lowest BCUT2D eigenvalue weighted by atomic mass is 10.0. The van der Waals surface area contributed by atoms with Gasteiger partial charge in [0, 0.05) is 16.5 Å². The third-order valence-electron chi connectivity index (χ3n) is 3.07. The van der Waals surface area contributed by atoms with E-state index in [0.717, 1.165) is 22.6 Å². The first-order valence-electron chi connectivity index (χ1n) is 6.84. The molecule has 102 valence electrons. The van der Waals surface area contributed by atoms with E-state index in [1.54, 1.807) is 17.8 Å². The highest BCUT2D eigenvalue weighted by Gasteiger charge is 2.11. The van der Waals surface area contributed by atoms with Gasteiger partial charge in [0.15, 0.2) is 0 Å². The molecule has 0 aromatic heterocycles. The van der Waals surface area contributed by atoms with E-state index in [0.29, 0.717) is 6.42 Å². The molecular weight excluding hydrogens is 245 g/mol. The lowest BCUT2D eigenvalue weighted by Gasteiger charge is -2.14. The van der Waals surface area contributed by atoms with Crippen molar-refractivity contribution in [3.8, 4) is 0 Å². The van der Waals surface area contributed by atoms with Crippen molar-refractivity contribution in [3.05, 3.63) is 29.6 Å². The van der Waals surface area contributed by atoms with Gasteiger partial charge in [-0.1, -0.05) is 32.8 Å². The Morgan fingerprint density at radius 1 is 1.28 bits per heavy atom. The van der Waals surface area contributed by atoms with E-state index in [4.69, 9.17) is 5.73 Å². The Labute approximate surface area is 114 Å². The van der Waals surface area contributed by atoms with E-state index in [9.17, 15) is 4.39 Å². The maximum absolute atomic E-state index is 13.9. The molecule has 0 bridgehead atoms. The third-order valence-corrected chi connectivity index (χ3v) is 4.26. The van der Waals surface area contributed by atoms with Crippen LogP contribution in [0.2, 0.25) is 0 Å². The highest BCUT2D eigenvalue weighted by Crippen LogP contribution is 2.27. The van der Waals surface area contributed by atoms with Crippen molar-refractivity contribution >= 4 is 11.8 Å². The van der Waals surface area contributed by atoms with Crippen LogP contribution >= 0.6 is 11.8 Å². The fourth-order valence-electron chi connectivity index (χ4n) is 1.81. The summed E-state index contributed by atoms with van der Waals surface area (Å²) in [6.07, 6.45) is 5.17. The lowest BCUT2D eigenvalue weighted by Crippen LogP contribution is -2.22. The molecule has 1 rings (SSSR count). The van der Waals surface area contributed by atoms with Crippen molar-refractivity contribution in [2.75, 3.05) is 5.75 Å². The standard InChI is InChI=1S/C15H24FNS/c1-3-5-6-10-18-15-9-7-8-14(16)13(15)11-12(17)4-2/h7-9,12H,3-6,10-11,17H2,1-2H3. The van der Waals surface area contributed by atoms with Crippen LogP contribution < -0.4 is 5.73 Å². The second kappa shape index (κ2) is 8.54. The lowest BCUT2D eigenvalue weighted by molar-refractivity contribution is 0.571. The summed E-state index contributed by atoms with van der Waals surface area (Å²) >= 11 is 1.76. The first kappa shape index (κ1) is 15.5. The largest absolute Gasteiger partial charge is 0.327 e. The number of halogens is 1. The highest BCUT2D eigenvalue weighted by atomic mass is 32.2. The summed E-state index contributed by atoms with van der Waals surface area (Å²) in [6, 6.07) is 5.39. The number of hydrogen-bond acceptors (Lipinski definition) is 2. The van der Waals surface area contributed by atoms with Crippen molar-refractivity contribution in [3.63, 3.8) is 0 Å². The summed E-state index contributed by atoms with van der Waals surface area (Å²) in [5.74, 6) is 0.949. The Bertz CT molecular complexity index is 354. The Hall–Kier alpha value is -0.540. The minimum atomic E-state index is -0.112. The Morgan fingerprint density at radius 2 is 2.06 bits per heavy atom. The Kier molecular flexibility index (Phi) is 7.36. The fourth-order valence-corrected chi connectivity index (χ4v) is 2.91. The second-order valence-electron chi connectivity index (χ2n) is 4.64. The molecule has 1 aromatic rings. The van der Waals surface area contributed by atoms with Crippen molar-refractivity contribution in [1.82, 2.24) is 0 Å². The second-order valence-corrected chi connectivity index (χ2v) is 5.78. The first-order valence-corrected chi connectivity index (χ1v) is 7.83. The summed E-state index contributed by atoms with van der Waals surface area (Å²) in [4.78, 5) is 1.06. The number of benzene rings is 1. The number of rotatable bonds is 8. The van der Waals surface area contributed by atoms with Gasteiger partial charge in [0.05, 0.1) is 0 Å². The van der Waals surface area contributed by atoms with Crippen LogP contribution in [0, 0.1) is 5.82 Å². The van der Waals surface area contributed by atoms with E-state index in [-0.39, 0.29) is 11.9 Å². The van der Waals surface area contributed by atoms with E-state index >= 15 is 0 Å². The average molecular weight is 269 g/mol. The predicted molar refractivity (Wildman–Crippen MR) is 78.6 cm³/mol. The maximum atomic E-state index is 13.9. The third kappa shape index (κ3) is 4.99. The Morgan fingerprint density at radius 3 is 2.72 bits per heavy atom. The monoisotopic (exact) mass is 269 g/mol. The minimum Gasteiger partial charge on any atom is -0.327 e. The van der Waals surface area contributed by atoms with Crippen LogP contribution in [0.25, 0.3) is 0 Å². The van der Waals surface area contributed by atoms with Gasteiger partial charge in [0.25, 0.3) is 0 Å². The molecule has 1 nitrogen and oxygen atoms in total. The molecule has 3 heteroatoms. The molecule has 0 fully saturated rings. The van der Waals surface area contributed by atoms with Crippen LogP contribution in [0.4, 0.5) is 4.39 Å². The van der Waals surface area contributed by atoms with Gasteiger partial charge in [-0.2, -0.15) is 0 Å². The summed E-state index contributed by atoms with van der Waals surface area (Å²) < 4.78 is 13.9. The van der Waals surface area contributed by atoms with Gasteiger partial charge in [-0.15, -0.1) is 11.8 Å². The molecule has 0 heterocycles. The number of nitrogens with two attached hydrogens (primary N) is 1. The molecule has 0 aliphatic rings. The normalized spacial score (nSPS) is 12.7. The SMILES string of the molecule is CCCCCSc1cccc(F)c1CC(N)CC. The van der Waals surface area contributed by atoms with E-state index in [2.05, 4.69) is 6.92 Å². The van der Waals surface area contributed by atoms with Crippen LogP contribution in [0.5, 0.6) is 0 Å². The molecule has 0 radical (unpaired) electrons. The Balaban J connectivity index is 2.67. The van der Waals surface area contributed by atoms with Crippen molar-refractivity contribution in [2.24, 2.45) is 5.73 Å². The molecule has 2 N–H and O–H groups in total. The van der Waals surface area contributed by atoms with Crippen LogP contribution in [-0.2, 0) is 6.42 Å². The van der Waals surface area contributed by atoms with Crippen LogP contribution in [0.15, 0.2) is 23.1 Å². The predicted octanol–water partition coefficient (Wildman–Crippen LogP) is 4.39. The number of hydrogen-bond donors (Lipinski definition) is 1. The van der Waals surface area contributed by atoms with E-state index < -0.39 is 0 Å². The molecule has 0 saturated carbocycles. The quantitative estimate of drug-likeness (QED) is 0.559. The smallest absolute Gasteiger partial charge is 0.127 e. The van der Waals surface area contributed by atoms with Crippen molar-refractivity contribution < 1.29 is 4.39 Å². The molecule has 0 amide bonds. The molecule has 18 heavy (non-hydrogen) atoms. The van der Waals surface area contributed by atoms with Gasteiger partial charge in [0.2, 0.25) is 0 Å². The number of thioether (sulfide) groups is 1. The first-order chi connectivity index (χ1) is 8.69. The van der Waals surface area contributed by atoms with Gasteiger partial charge >= 0.3 is 0 Å². The zero-order valence-electron chi connectivity index (χ0n) is 11.4. The molecular formula is C15H24FNS. The fraction of sp³-hybridized carbons (Fsp3) is 0.600. The number of unbranched alkanes of at least 4 members (excludes halogenated alkanes) is 2. The van der Waals surface area contributed by atoms with Crippen LogP contribution in [-0.4, -0.2) is 11.8 Å². The molecule has 1 aromatic carbocycles. The molecule has 1 atom stereocenters. The molecule has 0 aliphatic heterocycles.